The number of hydrogen-bond acceptors (Lipinski definition) is 4. The molecule has 1 N–H and O–H groups in total. The first-order chi connectivity index (χ1) is 11.7. The van der Waals surface area contributed by atoms with E-state index in [9.17, 15) is 4.79 Å². The SMILES string of the molecule is CSC1CCC(NC(=O)N2CCN(C(C)c3ccccn3)CC2)C1. The summed E-state index contributed by atoms with van der Waals surface area (Å²) in [6.07, 6.45) is 7.47. The smallest absolute Gasteiger partial charge is 0.317 e. The Morgan fingerprint density at radius 2 is 2.08 bits per heavy atom. The van der Waals surface area contributed by atoms with E-state index < -0.39 is 0 Å². The minimum Gasteiger partial charge on any atom is -0.335 e. The average Bonchev–Trinajstić information content (AvgIpc) is 3.09. The van der Waals surface area contributed by atoms with Gasteiger partial charge in [-0.3, -0.25) is 9.88 Å². The number of nitrogens with one attached hydrogen (secondary N) is 1. The number of amides is 2. The molecule has 1 aromatic rings. The van der Waals surface area contributed by atoms with E-state index in [2.05, 4.69) is 34.4 Å². The highest BCUT2D eigenvalue weighted by Crippen LogP contribution is 2.28. The number of pyridine rings is 1. The monoisotopic (exact) mass is 348 g/mol. The Morgan fingerprint density at radius 3 is 2.71 bits per heavy atom. The van der Waals surface area contributed by atoms with Gasteiger partial charge in [0.25, 0.3) is 0 Å². The van der Waals surface area contributed by atoms with Crippen LogP contribution in [0.5, 0.6) is 0 Å². The molecule has 132 valence electrons. The van der Waals surface area contributed by atoms with Gasteiger partial charge in [0.15, 0.2) is 0 Å². The van der Waals surface area contributed by atoms with Gasteiger partial charge < -0.3 is 10.2 Å². The number of thioether (sulfide) groups is 1. The molecule has 1 aliphatic heterocycles. The van der Waals surface area contributed by atoms with Crippen LogP contribution in [0.15, 0.2) is 24.4 Å². The molecule has 0 aromatic carbocycles. The third-order valence-corrected chi connectivity index (χ3v) is 6.41. The van der Waals surface area contributed by atoms with Gasteiger partial charge in [-0.15, -0.1) is 0 Å². The number of hydrogen-bond donors (Lipinski definition) is 1. The summed E-state index contributed by atoms with van der Waals surface area (Å²) < 4.78 is 0. The maximum Gasteiger partial charge on any atom is 0.317 e. The predicted molar refractivity (Wildman–Crippen MR) is 99.3 cm³/mol. The summed E-state index contributed by atoms with van der Waals surface area (Å²) in [7, 11) is 0. The van der Waals surface area contributed by atoms with Gasteiger partial charge >= 0.3 is 6.03 Å². The van der Waals surface area contributed by atoms with E-state index in [4.69, 9.17) is 0 Å². The lowest BCUT2D eigenvalue weighted by molar-refractivity contribution is 0.111. The van der Waals surface area contributed by atoms with Crippen molar-refractivity contribution in [3.63, 3.8) is 0 Å². The predicted octanol–water partition coefficient (Wildman–Crippen LogP) is 2.75. The van der Waals surface area contributed by atoms with Crippen LogP contribution in [-0.2, 0) is 0 Å². The van der Waals surface area contributed by atoms with Crippen molar-refractivity contribution >= 4 is 17.8 Å². The molecule has 2 heterocycles. The molecule has 1 aliphatic carbocycles. The lowest BCUT2D eigenvalue weighted by Gasteiger charge is -2.38. The van der Waals surface area contributed by atoms with Gasteiger partial charge in [-0.1, -0.05) is 6.07 Å². The van der Waals surface area contributed by atoms with Crippen molar-refractivity contribution in [2.45, 2.75) is 43.5 Å². The minimum absolute atomic E-state index is 0.117. The molecule has 2 aliphatic rings. The fourth-order valence-corrected chi connectivity index (χ4v) is 4.47. The van der Waals surface area contributed by atoms with Crippen LogP contribution in [0.25, 0.3) is 0 Å². The second-order valence-electron chi connectivity index (χ2n) is 6.77. The summed E-state index contributed by atoms with van der Waals surface area (Å²) in [6.45, 7) is 5.59. The van der Waals surface area contributed by atoms with Crippen molar-refractivity contribution in [2.75, 3.05) is 32.4 Å². The topological polar surface area (TPSA) is 48.5 Å². The van der Waals surface area contributed by atoms with E-state index in [1.54, 1.807) is 0 Å². The van der Waals surface area contributed by atoms with Crippen molar-refractivity contribution in [1.29, 1.82) is 0 Å². The Labute approximate surface area is 149 Å². The lowest BCUT2D eigenvalue weighted by Crippen LogP contribution is -2.53. The molecule has 0 bridgehead atoms. The number of urea groups is 1. The largest absolute Gasteiger partial charge is 0.335 e. The van der Waals surface area contributed by atoms with E-state index in [-0.39, 0.29) is 6.03 Å². The summed E-state index contributed by atoms with van der Waals surface area (Å²) in [6, 6.07) is 6.84. The van der Waals surface area contributed by atoms with Gasteiger partial charge in [0, 0.05) is 49.7 Å². The van der Waals surface area contributed by atoms with Crippen LogP contribution in [0.2, 0.25) is 0 Å². The van der Waals surface area contributed by atoms with Gasteiger partial charge in [0.05, 0.1) is 5.69 Å². The summed E-state index contributed by atoms with van der Waals surface area (Å²) in [4.78, 5) is 21.3. The minimum atomic E-state index is 0.117. The van der Waals surface area contributed by atoms with Gasteiger partial charge in [0.1, 0.15) is 0 Å². The van der Waals surface area contributed by atoms with Gasteiger partial charge in [-0.25, -0.2) is 4.79 Å². The Bertz CT molecular complexity index is 533. The summed E-state index contributed by atoms with van der Waals surface area (Å²) in [5.74, 6) is 0. The molecule has 3 unspecified atom stereocenters. The molecule has 2 amide bonds. The molecule has 24 heavy (non-hydrogen) atoms. The standard InChI is InChI=1S/C18H28N4OS/c1-14(17-5-3-4-8-19-17)21-9-11-22(12-10-21)18(23)20-15-6-7-16(13-15)24-2/h3-5,8,14-16H,6-7,9-13H2,1-2H3,(H,20,23). The molecule has 6 heteroatoms. The van der Waals surface area contributed by atoms with Crippen LogP contribution in [0.4, 0.5) is 4.79 Å². The fraction of sp³-hybridized carbons (Fsp3) is 0.667. The zero-order valence-electron chi connectivity index (χ0n) is 14.6. The molecular formula is C18H28N4OS. The van der Waals surface area contributed by atoms with Crippen LogP contribution < -0.4 is 5.32 Å². The van der Waals surface area contributed by atoms with Gasteiger partial charge in [-0.2, -0.15) is 11.8 Å². The summed E-state index contributed by atoms with van der Waals surface area (Å²) in [5.41, 5.74) is 1.10. The van der Waals surface area contributed by atoms with Crippen molar-refractivity contribution < 1.29 is 4.79 Å². The molecule has 2 fully saturated rings. The third-order valence-electron chi connectivity index (χ3n) is 5.31. The van der Waals surface area contributed by atoms with Crippen LogP contribution in [0, 0.1) is 0 Å². The van der Waals surface area contributed by atoms with E-state index >= 15 is 0 Å². The van der Waals surface area contributed by atoms with E-state index in [1.807, 2.05) is 35.0 Å². The first-order valence-electron chi connectivity index (χ1n) is 8.90. The van der Waals surface area contributed by atoms with Crippen LogP contribution >= 0.6 is 11.8 Å². The molecule has 0 radical (unpaired) electrons. The first kappa shape index (κ1) is 17.5. The number of carbonyl (C=O) groups excluding carboxylic acids is 1. The van der Waals surface area contributed by atoms with E-state index in [0.29, 0.717) is 17.3 Å². The fourth-order valence-electron chi connectivity index (χ4n) is 3.67. The Kier molecular flexibility index (Phi) is 6.00. The number of nitrogens with zero attached hydrogens (tertiary/aromatic N) is 3. The Morgan fingerprint density at radius 1 is 1.29 bits per heavy atom. The molecule has 3 atom stereocenters. The van der Waals surface area contributed by atoms with Crippen LogP contribution in [0.3, 0.4) is 0 Å². The highest BCUT2D eigenvalue weighted by molar-refractivity contribution is 7.99. The second kappa shape index (κ2) is 8.21. The van der Waals surface area contributed by atoms with Crippen LogP contribution in [0.1, 0.15) is 37.9 Å². The quantitative estimate of drug-likeness (QED) is 0.909. The van der Waals surface area contributed by atoms with E-state index in [1.165, 1.54) is 6.42 Å². The Balaban J connectivity index is 1.45. The Hall–Kier alpha value is -1.27. The normalized spacial score (nSPS) is 26.3. The van der Waals surface area contributed by atoms with Gasteiger partial charge in [-0.05, 0) is 44.6 Å². The maximum absolute atomic E-state index is 12.5. The van der Waals surface area contributed by atoms with Gasteiger partial charge in [0.2, 0.25) is 0 Å². The van der Waals surface area contributed by atoms with Crippen molar-refractivity contribution in [3.8, 4) is 0 Å². The van der Waals surface area contributed by atoms with Crippen molar-refractivity contribution in [3.05, 3.63) is 30.1 Å². The molecular weight excluding hydrogens is 320 g/mol. The highest BCUT2D eigenvalue weighted by Gasteiger charge is 2.29. The highest BCUT2D eigenvalue weighted by atomic mass is 32.2. The lowest BCUT2D eigenvalue weighted by atomic mass is 10.1. The van der Waals surface area contributed by atoms with Crippen LogP contribution in [-0.4, -0.2) is 64.5 Å². The first-order valence-corrected chi connectivity index (χ1v) is 10.2. The second-order valence-corrected chi connectivity index (χ2v) is 7.91. The molecule has 1 aromatic heterocycles. The molecule has 3 rings (SSSR count). The number of piperazine rings is 1. The van der Waals surface area contributed by atoms with Crippen molar-refractivity contribution in [2.24, 2.45) is 0 Å². The molecule has 1 saturated carbocycles. The zero-order chi connectivity index (χ0) is 16.9. The zero-order valence-corrected chi connectivity index (χ0v) is 15.5. The number of carbonyl (C=O) groups is 1. The van der Waals surface area contributed by atoms with E-state index in [0.717, 1.165) is 44.7 Å². The summed E-state index contributed by atoms with van der Waals surface area (Å²) >= 11 is 1.92. The molecule has 0 spiro atoms. The molecule has 1 saturated heterocycles. The number of aromatic nitrogens is 1. The maximum atomic E-state index is 12.5. The average molecular weight is 349 g/mol. The summed E-state index contributed by atoms with van der Waals surface area (Å²) in [5, 5.41) is 3.95. The molecule has 5 nitrogen and oxygen atoms in total. The van der Waals surface area contributed by atoms with Crippen molar-refractivity contribution in [1.82, 2.24) is 20.1 Å². The number of rotatable bonds is 4. The third kappa shape index (κ3) is 4.22.